The normalized spacial score (nSPS) is 14.3. The summed E-state index contributed by atoms with van der Waals surface area (Å²) in [6, 6.07) is 7.80. The lowest BCUT2D eigenvalue weighted by Crippen LogP contribution is -2.35. The molecule has 0 fully saturated rings. The number of nitrogens with zero attached hydrogens (tertiary/aromatic N) is 7. The first-order valence-corrected chi connectivity index (χ1v) is 14.0. The van der Waals surface area contributed by atoms with Crippen molar-refractivity contribution in [1.82, 2.24) is 29.5 Å². The largest absolute Gasteiger partial charge is 0.497 e. The van der Waals surface area contributed by atoms with E-state index < -0.39 is 35.0 Å². The third-order valence-corrected chi connectivity index (χ3v) is 7.11. The molecule has 0 radical (unpaired) electrons. The van der Waals surface area contributed by atoms with Crippen LogP contribution in [0, 0.1) is 0 Å². The van der Waals surface area contributed by atoms with Gasteiger partial charge in [-0.2, -0.15) is 23.4 Å². The molecule has 5 rings (SSSR count). The molecule has 0 aliphatic carbocycles. The molecule has 1 aliphatic rings. The monoisotopic (exact) mass is 634 g/mol. The van der Waals surface area contributed by atoms with E-state index in [1.807, 2.05) is 11.0 Å². The van der Waals surface area contributed by atoms with Crippen LogP contribution in [0.3, 0.4) is 0 Å². The van der Waals surface area contributed by atoms with Gasteiger partial charge in [0.05, 0.1) is 68.8 Å². The summed E-state index contributed by atoms with van der Waals surface area (Å²) in [6.07, 6.45) is -1.69. The van der Waals surface area contributed by atoms with Gasteiger partial charge in [-0.1, -0.05) is 12.1 Å². The fourth-order valence-electron chi connectivity index (χ4n) is 4.81. The van der Waals surface area contributed by atoms with Gasteiger partial charge in [0, 0.05) is 31.9 Å². The first-order chi connectivity index (χ1) is 21.3. The highest BCUT2D eigenvalue weighted by Crippen LogP contribution is 2.32. The molecule has 1 atom stereocenters. The van der Waals surface area contributed by atoms with Gasteiger partial charge >= 0.3 is 6.18 Å². The maximum absolute atomic E-state index is 14.0. The number of alkyl halides is 5. The van der Waals surface area contributed by atoms with Crippen LogP contribution < -0.4 is 20.5 Å². The molecule has 4 heterocycles. The third-order valence-electron chi connectivity index (χ3n) is 7.11. The van der Waals surface area contributed by atoms with Crippen LogP contribution in [0.25, 0.3) is 0 Å². The number of methoxy groups -OCH3 is 1. The van der Waals surface area contributed by atoms with Crippen LogP contribution in [0.4, 0.5) is 33.6 Å². The van der Waals surface area contributed by atoms with Gasteiger partial charge in [-0.3, -0.25) is 9.48 Å². The van der Waals surface area contributed by atoms with Crippen LogP contribution in [0.2, 0.25) is 0 Å². The van der Waals surface area contributed by atoms with E-state index in [0.717, 1.165) is 35.9 Å². The highest BCUT2D eigenvalue weighted by atomic mass is 19.4. The van der Waals surface area contributed by atoms with Crippen LogP contribution in [-0.4, -0.2) is 55.8 Å². The average Bonchev–Trinajstić information content (AvgIpc) is 3.40. The summed E-state index contributed by atoms with van der Waals surface area (Å²) in [5.41, 5.74) is -1.28. The maximum atomic E-state index is 14.0. The molecule has 1 aliphatic heterocycles. The summed E-state index contributed by atoms with van der Waals surface area (Å²) in [7, 11) is 1.49. The molecule has 3 aromatic heterocycles. The van der Waals surface area contributed by atoms with Crippen LogP contribution in [0.5, 0.6) is 5.75 Å². The van der Waals surface area contributed by atoms with Crippen LogP contribution >= 0.6 is 0 Å². The Bertz CT molecular complexity index is 1670. The van der Waals surface area contributed by atoms with Gasteiger partial charge in [-0.25, -0.2) is 23.4 Å². The Morgan fingerprint density at radius 3 is 2.40 bits per heavy atom. The number of ether oxygens (including phenoxy) is 2. The summed E-state index contributed by atoms with van der Waals surface area (Å²) in [5.74, 6) is -2.12. The number of benzene rings is 1. The lowest BCUT2D eigenvalue weighted by Gasteiger charge is -2.27. The zero-order chi connectivity index (χ0) is 32.4. The molecule has 0 saturated carbocycles. The van der Waals surface area contributed by atoms with Crippen LogP contribution in [-0.2, 0) is 43.1 Å². The molecule has 240 valence electrons. The summed E-state index contributed by atoms with van der Waals surface area (Å²) in [5, 5.41) is 11.2. The van der Waals surface area contributed by atoms with E-state index in [-0.39, 0.29) is 25.3 Å². The third kappa shape index (κ3) is 7.56. The molecule has 45 heavy (non-hydrogen) atoms. The van der Waals surface area contributed by atoms with E-state index in [1.165, 1.54) is 7.11 Å². The molecule has 4 aromatic rings. The summed E-state index contributed by atoms with van der Waals surface area (Å²) in [6.45, 7) is 3.81. The molecule has 11 nitrogen and oxygen atoms in total. The number of halogens is 5. The molecule has 1 N–H and O–H groups in total. The van der Waals surface area contributed by atoms with Gasteiger partial charge in [0.25, 0.3) is 11.5 Å². The lowest BCUT2D eigenvalue weighted by molar-refractivity contribution is -0.138. The van der Waals surface area contributed by atoms with Gasteiger partial charge in [0.15, 0.2) is 0 Å². The minimum atomic E-state index is -4.91. The number of hydrogen-bond donors (Lipinski definition) is 1. The molecule has 0 saturated heterocycles. The number of hydrogen-bond acceptors (Lipinski definition) is 9. The Hall–Kier alpha value is -4.60. The topological polar surface area (TPSA) is 112 Å². The average molecular weight is 635 g/mol. The van der Waals surface area contributed by atoms with Gasteiger partial charge < -0.3 is 19.7 Å². The Morgan fingerprint density at radius 1 is 1.04 bits per heavy atom. The van der Waals surface area contributed by atoms with Crippen molar-refractivity contribution in [3.63, 3.8) is 0 Å². The Labute approximate surface area is 254 Å². The Morgan fingerprint density at radius 2 is 1.76 bits per heavy atom. The summed E-state index contributed by atoms with van der Waals surface area (Å²) < 4.78 is 82.3. The van der Waals surface area contributed by atoms with Gasteiger partial charge in [-0.15, -0.1) is 0 Å². The molecular formula is C29H31F5N8O3. The number of fused-ring (bicyclic) bond motifs is 1. The lowest BCUT2D eigenvalue weighted by atomic mass is 10.2. The molecule has 1 aromatic carbocycles. The number of nitrogens with one attached hydrogen (secondary N) is 1. The van der Waals surface area contributed by atoms with Gasteiger partial charge in [0.1, 0.15) is 11.3 Å². The predicted octanol–water partition coefficient (Wildman–Crippen LogP) is 4.45. The second-order valence-electron chi connectivity index (χ2n) is 10.7. The van der Waals surface area contributed by atoms with Crippen molar-refractivity contribution in [3.8, 4) is 5.75 Å². The minimum absolute atomic E-state index is 0.0167. The van der Waals surface area contributed by atoms with Crippen LogP contribution in [0.15, 0.2) is 53.7 Å². The molecule has 0 amide bonds. The molecule has 1 unspecified atom stereocenters. The maximum Gasteiger partial charge on any atom is 0.423 e. The van der Waals surface area contributed by atoms with E-state index in [1.54, 1.807) is 35.9 Å². The highest BCUT2D eigenvalue weighted by molar-refractivity contribution is 5.50. The van der Waals surface area contributed by atoms with Crippen molar-refractivity contribution in [3.05, 3.63) is 87.4 Å². The zero-order valence-electron chi connectivity index (χ0n) is 24.7. The van der Waals surface area contributed by atoms with Gasteiger partial charge in [0.2, 0.25) is 5.95 Å². The molecular weight excluding hydrogens is 603 g/mol. The van der Waals surface area contributed by atoms with Crippen LogP contribution in [0.1, 0.15) is 41.9 Å². The molecule has 0 spiro atoms. The van der Waals surface area contributed by atoms with Gasteiger partial charge in [-0.05, 0) is 30.7 Å². The first-order valence-electron chi connectivity index (χ1n) is 14.0. The molecule has 16 heteroatoms. The predicted molar refractivity (Wildman–Crippen MR) is 153 cm³/mol. The van der Waals surface area contributed by atoms with E-state index in [4.69, 9.17) is 9.47 Å². The van der Waals surface area contributed by atoms with E-state index in [0.29, 0.717) is 42.6 Å². The first kappa shape index (κ1) is 31.8. The Balaban J connectivity index is 1.18. The molecule has 0 bridgehead atoms. The summed E-state index contributed by atoms with van der Waals surface area (Å²) >= 11 is 0. The standard InChI is InChI=1S/C29H31F5N8O3/c1-18(38-24-13-37-42(26(43)25(24)29(32,33)34)14-19-4-6-23(44-3)7-5-19)16-45-17-21-10-22-15-40(8-9-41(22)39-21)27-35-11-20(12-36-27)28(2,30)31/h4-7,10-13,18,38H,8-9,14-17H2,1-3H3. The minimum Gasteiger partial charge on any atom is -0.497 e. The second-order valence-corrected chi connectivity index (χ2v) is 10.7. The number of rotatable bonds is 11. The summed E-state index contributed by atoms with van der Waals surface area (Å²) in [4.78, 5) is 22.9. The second kappa shape index (κ2) is 12.8. The highest BCUT2D eigenvalue weighted by Gasteiger charge is 2.38. The zero-order valence-corrected chi connectivity index (χ0v) is 24.7. The van der Waals surface area contributed by atoms with Crippen molar-refractivity contribution >= 4 is 11.6 Å². The quantitative estimate of drug-likeness (QED) is 0.239. The van der Waals surface area contributed by atoms with Crippen molar-refractivity contribution < 1.29 is 31.4 Å². The SMILES string of the molecule is COc1ccc(Cn2ncc(NC(C)COCc3cc4n(n3)CCN(c3ncc(C(C)(F)F)cn3)C4)c(C(F)(F)F)c2=O)cc1. The van der Waals surface area contributed by atoms with Crippen molar-refractivity contribution in [2.75, 3.05) is 30.5 Å². The fraction of sp³-hybridized carbons (Fsp3) is 0.414. The van der Waals surface area contributed by atoms with Crippen molar-refractivity contribution in [2.45, 2.75) is 58.2 Å². The Kier molecular flexibility index (Phi) is 9.04. The van der Waals surface area contributed by atoms with Crippen molar-refractivity contribution in [2.24, 2.45) is 0 Å². The van der Waals surface area contributed by atoms with Crippen molar-refractivity contribution in [1.29, 1.82) is 0 Å². The van der Waals surface area contributed by atoms with E-state index in [9.17, 15) is 26.7 Å². The smallest absolute Gasteiger partial charge is 0.423 e. The number of aromatic nitrogens is 6. The fourth-order valence-corrected chi connectivity index (χ4v) is 4.81. The van der Waals surface area contributed by atoms with E-state index in [2.05, 4.69) is 25.5 Å². The van der Waals surface area contributed by atoms with E-state index >= 15 is 0 Å². The number of anilines is 2.